The third-order valence-corrected chi connectivity index (χ3v) is 3.54. The van der Waals surface area contributed by atoms with Gasteiger partial charge in [0.2, 0.25) is 5.91 Å². The molecule has 1 saturated carbocycles. The summed E-state index contributed by atoms with van der Waals surface area (Å²) in [5.74, 6) is -1.22. The normalized spacial score (nSPS) is 33.9. The molecule has 90 valence electrons. The van der Waals surface area contributed by atoms with Crippen LogP contribution in [0.5, 0.6) is 0 Å². The number of carbonyl (C=O) groups is 2. The summed E-state index contributed by atoms with van der Waals surface area (Å²) in [5.41, 5.74) is 0. The van der Waals surface area contributed by atoms with Gasteiger partial charge in [0.1, 0.15) is 0 Å². The number of rotatable bonds is 3. The third kappa shape index (κ3) is 2.35. The second-order valence-electron chi connectivity index (χ2n) is 4.64. The van der Waals surface area contributed by atoms with Gasteiger partial charge in [-0.2, -0.15) is 0 Å². The van der Waals surface area contributed by atoms with Crippen molar-refractivity contribution in [1.82, 2.24) is 10.6 Å². The van der Waals surface area contributed by atoms with Gasteiger partial charge in [-0.05, 0) is 32.2 Å². The molecular formula is C11H18N2O3. The molecule has 3 atom stereocenters. The Hall–Kier alpha value is -1.10. The van der Waals surface area contributed by atoms with Crippen LogP contribution in [0.1, 0.15) is 32.1 Å². The molecular weight excluding hydrogens is 208 g/mol. The fraction of sp³-hybridized carbons (Fsp3) is 0.818. The number of aliphatic carboxylic acids is 1. The van der Waals surface area contributed by atoms with Crippen molar-refractivity contribution in [1.29, 1.82) is 0 Å². The molecule has 5 heteroatoms. The first-order chi connectivity index (χ1) is 7.68. The van der Waals surface area contributed by atoms with E-state index in [0.29, 0.717) is 6.42 Å². The number of nitrogens with one attached hydrogen (secondary N) is 2. The summed E-state index contributed by atoms with van der Waals surface area (Å²) in [5, 5.41) is 15.0. The van der Waals surface area contributed by atoms with Gasteiger partial charge in [-0.25, -0.2) is 0 Å². The smallest absolute Gasteiger partial charge is 0.308 e. The van der Waals surface area contributed by atoms with Gasteiger partial charge in [-0.3, -0.25) is 9.59 Å². The lowest BCUT2D eigenvalue weighted by Crippen LogP contribution is -2.47. The van der Waals surface area contributed by atoms with Crippen molar-refractivity contribution in [2.24, 2.45) is 5.92 Å². The molecule has 0 radical (unpaired) electrons. The van der Waals surface area contributed by atoms with Crippen molar-refractivity contribution in [2.75, 3.05) is 6.54 Å². The van der Waals surface area contributed by atoms with Crippen LogP contribution in [0, 0.1) is 5.92 Å². The average molecular weight is 226 g/mol. The van der Waals surface area contributed by atoms with Gasteiger partial charge in [0.25, 0.3) is 0 Å². The summed E-state index contributed by atoms with van der Waals surface area (Å²) in [4.78, 5) is 22.8. The summed E-state index contributed by atoms with van der Waals surface area (Å²) in [6, 6.07) is -0.289. The Morgan fingerprint density at radius 2 is 2.00 bits per heavy atom. The van der Waals surface area contributed by atoms with Gasteiger partial charge in [-0.15, -0.1) is 0 Å². The fourth-order valence-electron chi connectivity index (χ4n) is 2.62. The SMILES string of the molecule is O=C(O)C1CCCC1NC(=O)[C@H]1CCCN1. The van der Waals surface area contributed by atoms with Crippen LogP contribution in [0.15, 0.2) is 0 Å². The summed E-state index contributed by atoms with van der Waals surface area (Å²) < 4.78 is 0. The van der Waals surface area contributed by atoms with Crippen LogP contribution in [0.4, 0.5) is 0 Å². The van der Waals surface area contributed by atoms with E-state index in [1.807, 2.05) is 0 Å². The van der Waals surface area contributed by atoms with E-state index in [1.54, 1.807) is 0 Å². The van der Waals surface area contributed by atoms with E-state index in [2.05, 4.69) is 10.6 Å². The molecule has 0 aromatic rings. The number of amides is 1. The Labute approximate surface area is 94.6 Å². The van der Waals surface area contributed by atoms with Crippen molar-refractivity contribution in [3.63, 3.8) is 0 Å². The first-order valence-electron chi connectivity index (χ1n) is 5.95. The van der Waals surface area contributed by atoms with Crippen molar-refractivity contribution in [3.8, 4) is 0 Å². The van der Waals surface area contributed by atoms with Crippen molar-refractivity contribution < 1.29 is 14.7 Å². The van der Waals surface area contributed by atoms with Crippen molar-refractivity contribution >= 4 is 11.9 Å². The molecule has 1 heterocycles. The number of carbonyl (C=O) groups excluding carboxylic acids is 1. The Balaban J connectivity index is 1.88. The Morgan fingerprint density at radius 1 is 1.19 bits per heavy atom. The lowest BCUT2D eigenvalue weighted by Gasteiger charge is -2.20. The van der Waals surface area contributed by atoms with Gasteiger partial charge in [0, 0.05) is 6.04 Å². The highest BCUT2D eigenvalue weighted by Gasteiger charge is 2.35. The molecule has 3 N–H and O–H groups in total. The van der Waals surface area contributed by atoms with Crippen LogP contribution in [0.25, 0.3) is 0 Å². The number of hydrogen-bond acceptors (Lipinski definition) is 3. The Bertz CT molecular complexity index is 287. The Morgan fingerprint density at radius 3 is 2.62 bits per heavy atom. The summed E-state index contributed by atoms with van der Waals surface area (Å²) >= 11 is 0. The minimum atomic E-state index is -0.790. The summed E-state index contributed by atoms with van der Waals surface area (Å²) in [6.07, 6.45) is 4.23. The molecule has 1 aliphatic carbocycles. The highest BCUT2D eigenvalue weighted by molar-refractivity contribution is 5.83. The average Bonchev–Trinajstić information content (AvgIpc) is 2.86. The second-order valence-corrected chi connectivity index (χ2v) is 4.64. The van der Waals surface area contributed by atoms with Crippen LogP contribution < -0.4 is 10.6 Å². The zero-order valence-electron chi connectivity index (χ0n) is 9.24. The molecule has 2 rings (SSSR count). The molecule has 2 unspecified atom stereocenters. The summed E-state index contributed by atoms with van der Waals surface area (Å²) in [7, 11) is 0. The van der Waals surface area contributed by atoms with Crippen LogP contribution in [0.2, 0.25) is 0 Å². The molecule has 16 heavy (non-hydrogen) atoms. The topological polar surface area (TPSA) is 78.4 Å². The predicted molar refractivity (Wildman–Crippen MR) is 57.9 cm³/mol. The molecule has 2 aliphatic rings. The largest absolute Gasteiger partial charge is 0.481 e. The van der Waals surface area contributed by atoms with Crippen LogP contribution in [0.3, 0.4) is 0 Å². The molecule has 1 amide bonds. The van der Waals surface area contributed by atoms with Crippen molar-refractivity contribution in [2.45, 2.75) is 44.2 Å². The second kappa shape index (κ2) is 4.82. The fourth-order valence-corrected chi connectivity index (χ4v) is 2.62. The highest BCUT2D eigenvalue weighted by atomic mass is 16.4. The van der Waals surface area contributed by atoms with E-state index >= 15 is 0 Å². The lowest BCUT2D eigenvalue weighted by molar-refractivity contribution is -0.142. The predicted octanol–water partition coefficient (Wildman–Crippen LogP) is 0.108. The molecule has 1 aliphatic heterocycles. The number of carboxylic acid groups (broad SMARTS) is 1. The van der Waals surface area contributed by atoms with E-state index in [-0.39, 0.29) is 18.0 Å². The molecule has 0 bridgehead atoms. The molecule has 0 spiro atoms. The van der Waals surface area contributed by atoms with Gasteiger partial charge >= 0.3 is 5.97 Å². The van der Waals surface area contributed by atoms with Crippen LogP contribution in [-0.2, 0) is 9.59 Å². The minimum absolute atomic E-state index is 0.0318. The molecule has 1 saturated heterocycles. The van der Waals surface area contributed by atoms with Gasteiger partial charge in [0.15, 0.2) is 0 Å². The first-order valence-corrected chi connectivity index (χ1v) is 5.95. The maximum atomic E-state index is 11.8. The molecule has 2 fully saturated rings. The first kappa shape index (κ1) is 11.4. The highest BCUT2D eigenvalue weighted by Crippen LogP contribution is 2.26. The minimum Gasteiger partial charge on any atom is -0.481 e. The monoisotopic (exact) mass is 226 g/mol. The van der Waals surface area contributed by atoms with E-state index in [1.165, 1.54) is 0 Å². The standard InChI is InChI=1S/C11H18N2O3/c14-10(9-5-2-6-12-9)13-8-4-1-3-7(8)11(15)16/h7-9,12H,1-6H2,(H,13,14)(H,15,16)/t7?,8?,9-/m1/s1. The van der Waals surface area contributed by atoms with E-state index in [4.69, 9.17) is 5.11 Å². The quantitative estimate of drug-likeness (QED) is 0.638. The maximum absolute atomic E-state index is 11.8. The van der Waals surface area contributed by atoms with Crippen molar-refractivity contribution in [3.05, 3.63) is 0 Å². The van der Waals surface area contributed by atoms with Crippen LogP contribution >= 0.6 is 0 Å². The maximum Gasteiger partial charge on any atom is 0.308 e. The number of carboxylic acids is 1. The molecule has 5 nitrogen and oxygen atoms in total. The van der Waals surface area contributed by atoms with Gasteiger partial charge in [-0.1, -0.05) is 6.42 Å². The van der Waals surface area contributed by atoms with Gasteiger partial charge < -0.3 is 15.7 Å². The van der Waals surface area contributed by atoms with E-state index < -0.39 is 11.9 Å². The Kier molecular flexibility index (Phi) is 3.43. The van der Waals surface area contributed by atoms with Gasteiger partial charge in [0.05, 0.1) is 12.0 Å². The molecule has 0 aromatic carbocycles. The van der Waals surface area contributed by atoms with E-state index in [9.17, 15) is 9.59 Å². The summed E-state index contributed by atoms with van der Waals surface area (Å²) in [6.45, 7) is 0.880. The third-order valence-electron chi connectivity index (χ3n) is 3.54. The van der Waals surface area contributed by atoms with E-state index in [0.717, 1.165) is 32.2 Å². The number of hydrogen-bond donors (Lipinski definition) is 3. The molecule has 0 aromatic heterocycles. The van der Waals surface area contributed by atoms with Crippen LogP contribution in [-0.4, -0.2) is 35.6 Å². The zero-order chi connectivity index (χ0) is 11.5. The lowest BCUT2D eigenvalue weighted by atomic mass is 10.0. The zero-order valence-corrected chi connectivity index (χ0v) is 9.24.